The van der Waals surface area contributed by atoms with Crippen molar-refractivity contribution in [2.75, 3.05) is 0 Å². The maximum atomic E-state index is 4.50. The van der Waals surface area contributed by atoms with Gasteiger partial charge in [-0.15, -0.1) is 0 Å². The molecule has 12 rings (SSSR count). The predicted molar refractivity (Wildman–Crippen MR) is 205 cm³/mol. The lowest BCUT2D eigenvalue weighted by Gasteiger charge is -2.12. The first kappa shape index (κ1) is 25.4. The van der Waals surface area contributed by atoms with Crippen LogP contribution in [-0.4, -0.2) is 18.5 Å². The Bertz CT molecular complexity index is 3270. The first-order valence-corrected chi connectivity index (χ1v) is 16.8. The fourth-order valence-corrected chi connectivity index (χ4v) is 8.88. The van der Waals surface area contributed by atoms with E-state index < -0.39 is 0 Å². The minimum absolute atomic E-state index is 1.11. The summed E-state index contributed by atoms with van der Waals surface area (Å²) in [7, 11) is 0. The van der Waals surface area contributed by atoms with Crippen molar-refractivity contribution in [3.63, 3.8) is 0 Å². The number of pyridine rings is 1. The van der Waals surface area contributed by atoms with Crippen LogP contribution in [0.3, 0.4) is 0 Å². The Balaban J connectivity index is 1.24. The molecule has 0 radical (unpaired) electrons. The second-order valence-electron chi connectivity index (χ2n) is 13.2. The monoisotopic (exact) mass is 622 g/mol. The maximum Gasteiger partial charge on any atom is 0.0724 e. The SMILES string of the molecule is c1ccc2c(c1)ccc1c2c2c3c(cc4c5ccccc5n1c42)c1ccccc1n3-c1ccc(-n2c3ccccc3c3ccncc32)cc1. The van der Waals surface area contributed by atoms with E-state index in [4.69, 9.17) is 0 Å². The number of nitrogens with zero attached hydrogens (tertiary/aromatic N) is 4. The van der Waals surface area contributed by atoms with Crippen molar-refractivity contribution in [3.05, 3.63) is 158 Å². The molecule has 0 saturated heterocycles. The summed E-state index contributed by atoms with van der Waals surface area (Å²) in [5.41, 5.74) is 10.8. The highest BCUT2D eigenvalue weighted by Gasteiger charge is 2.25. The number of para-hydroxylation sites is 3. The lowest BCUT2D eigenvalue weighted by Crippen LogP contribution is -1.97. The Labute approximate surface area is 279 Å². The van der Waals surface area contributed by atoms with E-state index in [1.165, 1.54) is 87.0 Å². The first-order chi connectivity index (χ1) is 24.3. The molecule has 0 saturated carbocycles. The molecule has 0 amide bonds. The van der Waals surface area contributed by atoms with E-state index in [0.29, 0.717) is 0 Å². The summed E-state index contributed by atoms with van der Waals surface area (Å²) in [6.45, 7) is 0. The third kappa shape index (κ3) is 3.12. The molecule has 0 aliphatic rings. The number of fused-ring (bicyclic) bond motifs is 15. The number of hydrogen-bond donors (Lipinski definition) is 0. The summed E-state index contributed by atoms with van der Waals surface area (Å²) in [4.78, 5) is 4.50. The predicted octanol–water partition coefficient (Wildman–Crippen LogP) is 11.6. The van der Waals surface area contributed by atoms with Gasteiger partial charge in [-0.2, -0.15) is 0 Å². The van der Waals surface area contributed by atoms with Gasteiger partial charge in [0, 0.05) is 60.7 Å². The summed E-state index contributed by atoms with van der Waals surface area (Å²) in [5.74, 6) is 0. The molecule has 4 heteroatoms. The van der Waals surface area contributed by atoms with Crippen molar-refractivity contribution in [1.82, 2.24) is 18.5 Å². The van der Waals surface area contributed by atoms with E-state index in [1.54, 1.807) is 0 Å². The third-order valence-electron chi connectivity index (χ3n) is 10.8. The highest BCUT2D eigenvalue weighted by molar-refractivity contribution is 6.37. The molecule has 4 nitrogen and oxygen atoms in total. The highest BCUT2D eigenvalue weighted by atomic mass is 15.0. The average molecular weight is 623 g/mol. The van der Waals surface area contributed by atoms with Gasteiger partial charge in [0.05, 0.1) is 44.8 Å². The molecule has 5 aromatic heterocycles. The molecule has 49 heavy (non-hydrogen) atoms. The highest BCUT2D eigenvalue weighted by Crippen LogP contribution is 2.48. The minimum atomic E-state index is 1.11. The van der Waals surface area contributed by atoms with E-state index in [1.807, 2.05) is 12.4 Å². The van der Waals surface area contributed by atoms with Crippen LogP contribution in [0.1, 0.15) is 0 Å². The number of aromatic nitrogens is 4. The van der Waals surface area contributed by atoms with Gasteiger partial charge >= 0.3 is 0 Å². The Morgan fingerprint density at radius 2 is 0.939 bits per heavy atom. The van der Waals surface area contributed by atoms with Crippen LogP contribution in [0.25, 0.3) is 104 Å². The van der Waals surface area contributed by atoms with Crippen molar-refractivity contribution < 1.29 is 0 Å². The van der Waals surface area contributed by atoms with Crippen LogP contribution < -0.4 is 0 Å². The normalized spacial score (nSPS) is 12.5. The molecule has 0 fully saturated rings. The van der Waals surface area contributed by atoms with Crippen LogP contribution in [0.15, 0.2) is 158 Å². The van der Waals surface area contributed by atoms with Crippen molar-refractivity contribution in [3.8, 4) is 11.4 Å². The maximum absolute atomic E-state index is 4.50. The van der Waals surface area contributed by atoms with Gasteiger partial charge in [0.25, 0.3) is 0 Å². The fourth-order valence-electron chi connectivity index (χ4n) is 8.88. The van der Waals surface area contributed by atoms with E-state index in [-0.39, 0.29) is 0 Å². The Hall–Kier alpha value is -6.65. The van der Waals surface area contributed by atoms with Gasteiger partial charge < -0.3 is 13.5 Å². The summed E-state index contributed by atoms with van der Waals surface area (Å²) in [6.07, 6.45) is 3.86. The molecule has 0 bridgehead atoms. The second-order valence-corrected chi connectivity index (χ2v) is 13.2. The minimum Gasteiger partial charge on any atom is -0.309 e. The topological polar surface area (TPSA) is 27.2 Å². The van der Waals surface area contributed by atoms with Gasteiger partial charge in [-0.05, 0) is 71.4 Å². The van der Waals surface area contributed by atoms with Crippen LogP contribution >= 0.6 is 0 Å². The smallest absolute Gasteiger partial charge is 0.0724 e. The quantitative estimate of drug-likeness (QED) is 0.188. The van der Waals surface area contributed by atoms with Crippen LogP contribution in [0.2, 0.25) is 0 Å². The molecule has 5 heterocycles. The standard InChI is InChI=1S/C45H26N4/c1-2-10-30-27(9-1)17-22-40-42(30)43-44-35(25-36-33-13-5-8-16-39(33)49(40)45(36)43)32-12-4-7-15-38(32)48(44)29-20-18-28(19-21-29)47-37-14-6-3-11-31(37)34-23-24-46-26-41(34)47/h1-26H. The van der Waals surface area contributed by atoms with Gasteiger partial charge in [-0.3, -0.25) is 4.98 Å². The zero-order chi connectivity index (χ0) is 31.8. The second kappa shape index (κ2) is 9.03. The largest absolute Gasteiger partial charge is 0.309 e. The molecule has 7 aromatic carbocycles. The van der Waals surface area contributed by atoms with Crippen molar-refractivity contribution in [2.45, 2.75) is 0 Å². The third-order valence-corrected chi connectivity index (χ3v) is 10.8. The first-order valence-electron chi connectivity index (χ1n) is 16.8. The molecule has 0 aliphatic heterocycles. The zero-order valence-corrected chi connectivity index (χ0v) is 26.3. The lowest BCUT2D eigenvalue weighted by molar-refractivity contribution is 1.14. The van der Waals surface area contributed by atoms with Crippen LogP contribution in [0.5, 0.6) is 0 Å². The molecule has 0 spiro atoms. The van der Waals surface area contributed by atoms with Gasteiger partial charge in [0.15, 0.2) is 0 Å². The van der Waals surface area contributed by atoms with Crippen molar-refractivity contribution in [1.29, 1.82) is 0 Å². The molecule has 226 valence electrons. The fraction of sp³-hybridized carbons (Fsp3) is 0. The molecule has 12 aromatic rings. The van der Waals surface area contributed by atoms with E-state index in [2.05, 4.69) is 164 Å². The Morgan fingerprint density at radius 1 is 0.367 bits per heavy atom. The van der Waals surface area contributed by atoms with Gasteiger partial charge in [-0.25, -0.2) is 0 Å². The van der Waals surface area contributed by atoms with Gasteiger partial charge in [-0.1, -0.05) is 84.9 Å². The van der Waals surface area contributed by atoms with Crippen molar-refractivity contribution >= 4 is 92.5 Å². The molecule has 0 atom stereocenters. The Morgan fingerprint density at radius 3 is 1.71 bits per heavy atom. The van der Waals surface area contributed by atoms with Crippen LogP contribution in [0.4, 0.5) is 0 Å². The number of benzene rings is 7. The van der Waals surface area contributed by atoms with Gasteiger partial charge in [0.1, 0.15) is 0 Å². The molecular weight excluding hydrogens is 597 g/mol. The summed E-state index contributed by atoms with van der Waals surface area (Å²) in [6, 6.07) is 53.4. The summed E-state index contributed by atoms with van der Waals surface area (Å²) < 4.78 is 7.33. The van der Waals surface area contributed by atoms with E-state index in [9.17, 15) is 0 Å². The van der Waals surface area contributed by atoms with Gasteiger partial charge in [0.2, 0.25) is 0 Å². The number of hydrogen-bond acceptors (Lipinski definition) is 1. The molecule has 0 unspecified atom stereocenters. The van der Waals surface area contributed by atoms with Crippen molar-refractivity contribution in [2.24, 2.45) is 0 Å². The summed E-state index contributed by atoms with van der Waals surface area (Å²) in [5, 5.41) is 12.8. The average Bonchev–Trinajstić information content (AvgIpc) is 3.89. The molecule has 0 aliphatic carbocycles. The van der Waals surface area contributed by atoms with E-state index in [0.717, 1.165) is 16.9 Å². The lowest BCUT2D eigenvalue weighted by atomic mass is 9.99. The summed E-state index contributed by atoms with van der Waals surface area (Å²) >= 11 is 0. The Kier molecular flexibility index (Phi) is 4.69. The van der Waals surface area contributed by atoms with Crippen LogP contribution in [-0.2, 0) is 0 Å². The zero-order valence-electron chi connectivity index (χ0n) is 26.3. The van der Waals surface area contributed by atoms with E-state index >= 15 is 0 Å². The molecule has 0 N–H and O–H groups in total. The molecular formula is C45H26N4. The van der Waals surface area contributed by atoms with Crippen LogP contribution in [0, 0.1) is 0 Å². The number of rotatable bonds is 2.